The molecule has 1 unspecified atom stereocenters. The molecular weight excluding hydrogens is 200 g/mol. The van der Waals surface area contributed by atoms with Crippen LogP contribution in [0, 0.1) is 0 Å². The maximum absolute atomic E-state index is 11.8. The first-order chi connectivity index (χ1) is 7.66. The summed E-state index contributed by atoms with van der Waals surface area (Å²) in [5.41, 5.74) is 1.16. The Morgan fingerprint density at radius 1 is 1.38 bits per heavy atom. The van der Waals surface area contributed by atoms with Crippen molar-refractivity contribution in [1.29, 1.82) is 0 Å². The smallest absolute Gasteiger partial charge is 0.236 e. The second-order valence-corrected chi connectivity index (χ2v) is 3.87. The van der Waals surface area contributed by atoms with Gasteiger partial charge in [0.25, 0.3) is 0 Å². The average molecular weight is 220 g/mol. The van der Waals surface area contributed by atoms with Crippen molar-refractivity contribution in [2.75, 3.05) is 20.1 Å². The molecule has 3 nitrogen and oxygen atoms in total. The van der Waals surface area contributed by atoms with Gasteiger partial charge >= 0.3 is 0 Å². The number of carbonyl (C=O) groups excluding carboxylic acids is 1. The summed E-state index contributed by atoms with van der Waals surface area (Å²) in [6.45, 7) is 5.26. The van der Waals surface area contributed by atoms with E-state index in [1.165, 1.54) is 0 Å². The minimum atomic E-state index is 0.118. The Hall–Kier alpha value is -1.35. The van der Waals surface area contributed by atoms with Crippen molar-refractivity contribution < 1.29 is 4.79 Å². The first-order valence-electron chi connectivity index (χ1n) is 5.68. The van der Waals surface area contributed by atoms with Gasteiger partial charge in [-0.1, -0.05) is 37.3 Å². The van der Waals surface area contributed by atoms with Crippen molar-refractivity contribution in [3.63, 3.8) is 0 Å². The van der Waals surface area contributed by atoms with Crippen molar-refractivity contribution in [1.82, 2.24) is 10.2 Å². The number of hydrogen-bond acceptors (Lipinski definition) is 2. The molecule has 3 heteroatoms. The molecule has 1 aromatic carbocycles. The van der Waals surface area contributed by atoms with E-state index in [1.807, 2.05) is 51.2 Å². The molecule has 88 valence electrons. The molecule has 0 aliphatic heterocycles. The van der Waals surface area contributed by atoms with Gasteiger partial charge in [0, 0.05) is 7.05 Å². The normalized spacial score (nSPS) is 12.2. The van der Waals surface area contributed by atoms with Gasteiger partial charge in [0.15, 0.2) is 0 Å². The molecular formula is C13H20N2O. The fourth-order valence-corrected chi connectivity index (χ4v) is 1.53. The molecule has 1 aromatic rings. The second-order valence-electron chi connectivity index (χ2n) is 3.87. The summed E-state index contributed by atoms with van der Waals surface area (Å²) in [4.78, 5) is 13.6. The molecule has 1 rings (SSSR count). The van der Waals surface area contributed by atoms with Crippen molar-refractivity contribution in [2.45, 2.75) is 19.9 Å². The zero-order valence-corrected chi connectivity index (χ0v) is 10.2. The van der Waals surface area contributed by atoms with Crippen LogP contribution in [-0.4, -0.2) is 30.9 Å². The highest BCUT2D eigenvalue weighted by Gasteiger charge is 2.16. The summed E-state index contributed by atoms with van der Waals surface area (Å²) in [5, 5.41) is 3.04. The van der Waals surface area contributed by atoms with Crippen molar-refractivity contribution in [3.05, 3.63) is 35.9 Å². The molecule has 0 spiro atoms. The Kier molecular flexibility index (Phi) is 4.99. The Balaban J connectivity index is 2.60. The Labute approximate surface area is 97.5 Å². The predicted octanol–water partition coefficient (Wildman–Crippen LogP) is 1.82. The molecule has 1 N–H and O–H groups in total. The van der Waals surface area contributed by atoms with Gasteiger partial charge in [-0.15, -0.1) is 0 Å². The number of likely N-dealkylation sites (N-methyl/N-ethyl adjacent to an activating group) is 2. The Morgan fingerprint density at radius 2 is 2.00 bits per heavy atom. The van der Waals surface area contributed by atoms with Gasteiger partial charge in [0.2, 0.25) is 5.91 Å². The number of benzene rings is 1. The van der Waals surface area contributed by atoms with Gasteiger partial charge in [-0.3, -0.25) is 4.79 Å². The Bertz CT molecular complexity index is 324. The predicted molar refractivity (Wildman–Crippen MR) is 66.2 cm³/mol. The number of nitrogens with zero attached hydrogens (tertiary/aromatic N) is 1. The quantitative estimate of drug-likeness (QED) is 0.821. The molecule has 0 saturated heterocycles. The molecule has 0 saturated carbocycles. The fraction of sp³-hybridized carbons (Fsp3) is 0.462. The van der Waals surface area contributed by atoms with E-state index in [2.05, 4.69) is 5.32 Å². The van der Waals surface area contributed by atoms with Crippen molar-refractivity contribution in [3.8, 4) is 0 Å². The van der Waals surface area contributed by atoms with Gasteiger partial charge in [0.1, 0.15) is 0 Å². The molecule has 1 amide bonds. The number of rotatable bonds is 5. The minimum absolute atomic E-state index is 0.118. The van der Waals surface area contributed by atoms with E-state index in [-0.39, 0.29) is 11.9 Å². The molecule has 0 aromatic heterocycles. The molecule has 0 bridgehead atoms. The molecule has 16 heavy (non-hydrogen) atoms. The largest absolute Gasteiger partial charge is 0.338 e. The summed E-state index contributed by atoms with van der Waals surface area (Å²) in [6.07, 6.45) is 0. The topological polar surface area (TPSA) is 32.3 Å². The van der Waals surface area contributed by atoms with Crippen LogP contribution >= 0.6 is 0 Å². The third-order valence-electron chi connectivity index (χ3n) is 2.78. The third kappa shape index (κ3) is 3.35. The third-order valence-corrected chi connectivity index (χ3v) is 2.78. The first kappa shape index (κ1) is 12.7. The molecule has 0 fully saturated rings. The standard InChI is InChI=1S/C13H20N2O/c1-4-14-10-13(16)15(3)11(2)12-8-6-5-7-9-12/h5-9,11,14H,4,10H2,1-3H3. The van der Waals surface area contributed by atoms with Crippen LogP contribution in [0.3, 0.4) is 0 Å². The van der Waals surface area contributed by atoms with Crippen LogP contribution in [0.25, 0.3) is 0 Å². The fourth-order valence-electron chi connectivity index (χ4n) is 1.53. The maximum atomic E-state index is 11.8. The summed E-state index contributed by atoms with van der Waals surface area (Å²) in [7, 11) is 1.84. The summed E-state index contributed by atoms with van der Waals surface area (Å²) < 4.78 is 0. The second kappa shape index (κ2) is 6.28. The number of amides is 1. The van der Waals surface area contributed by atoms with E-state index in [9.17, 15) is 4.79 Å². The van der Waals surface area contributed by atoms with Crippen molar-refractivity contribution in [2.24, 2.45) is 0 Å². The van der Waals surface area contributed by atoms with Gasteiger partial charge in [-0.05, 0) is 19.0 Å². The summed E-state index contributed by atoms with van der Waals surface area (Å²) in [6, 6.07) is 10.2. The van der Waals surface area contributed by atoms with Gasteiger partial charge in [0.05, 0.1) is 12.6 Å². The number of nitrogens with one attached hydrogen (secondary N) is 1. The lowest BCUT2D eigenvalue weighted by Gasteiger charge is -2.25. The molecule has 0 heterocycles. The number of hydrogen-bond donors (Lipinski definition) is 1. The monoisotopic (exact) mass is 220 g/mol. The SMILES string of the molecule is CCNCC(=O)N(C)C(C)c1ccccc1. The number of carbonyl (C=O) groups is 1. The summed E-state index contributed by atoms with van der Waals surface area (Å²) in [5.74, 6) is 0.123. The molecule has 0 aliphatic rings. The first-order valence-corrected chi connectivity index (χ1v) is 5.68. The van der Waals surface area contributed by atoms with E-state index >= 15 is 0 Å². The van der Waals surface area contributed by atoms with E-state index in [0.29, 0.717) is 6.54 Å². The Morgan fingerprint density at radius 3 is 2.56 bits per heavy atom. The van der Waals surface area contributed by atoms with E-state index < -0.39 is 0 Å². The van der Waals surface area contributed by atoms with Crippen LogP contribution in [0.15, 0.2) is 30.3 Å². The highest BCUT2D eigenvalue weighted by atomic mass is 16.2. The van der Waals surface area contributed by atoms with Crippen LogP contribution in [0.1, 0.15) is 25.5 Å². The lowest BCUT2D eigenvalue weighted by Crippen LogP contribution is -2.37. The van der Waals surface area contributed by atoms with E-state index in [0.717, 1.165) is 12.1 Å². The average Bonchev–Trinajstić information content (AvgIpc) is 2.35. The highest BCUT2D eigenvalue weighted by Crippen LogP contribution is 2.17. The molecule has 0 radical (unpaired) electrons. The van der Waals surface area contributed by atoms with Gasteiger partial charge < -0.3 is 10.2 Å². The summed E-state index contributed by atoms with van der Waals surface area (Å²) >= 11 is 0. The highest BCUT2D eigenvalue weighted by molar-refractivity contribution is 5.78. The van der Waals surface area contributed by atoms with Crippen LogP contribution < -0.4 is 5.32 Å². The van der Waals surface area contributed by atoms with Crippen LogP contribution in [0.2, 0.25) is 0 Å². The van der Waals surface area contributed by atoms with Gasteiger partial charge in [-0.25, -0.2) is 0 Å². The maximum Gasteiger partial charge on any atom is 0.236 e. The van der Waals surface area contributed by atoms with E-state index in [4.69, 9.17) is 0 Å². The minimum Gasteiger partial charge on any atom is -0.338 e. The lowest BCUT2D eigenvalue weighted by molar-refractivity contribution is -0.130. The lowest BCUT2D eigenvalue weighted by atomic mass is 10.1. The van der Waals surface area contributed by atoms with Crippen LogP contribution in [0.4, 0.5) is 0 Å². The molecule has 1 atom stereocenters. The zero-order chi connectivity index (χ0) is 12.0. The zero-order valence-electron chi connectivity index (χ0n) is 10.2. The molecule has 0 aliphatic carbocycles. The van der Waals surface area contributed by atoms with Crippen LogP contribution in [0.5, 0.6) is 0 Å². The van der Waals surface area contributed by atoms with Gasteiger partial charge in [-0.2, -0.15) is 0 Å². The van der Waals surface area contributed by atoms with Crippen molar-refractivity contribution >= 4 is 5.91 Å². The van der Waals surface area contributed by atoms with E-state index in [1.54, 1.807) is 4.90 Å². The van der Waals surface area contributed by atoms with Crippen LogP contribution in [-0.2, 0) is 4.79 Å².